The Morgan fingerprint density at radius 1 is 1.06 bits per heavy atom. The van der Waals surface area contributed by atoms with E-state index in [1.54, 1.807) is 19.1 Å². The van der Waals surface area contributed by atoms with E-state index in [1.165, 1.54) is 4.90 Å². The molecule has 2 amide bonds. The van der Waals surface area contributed by atoms with Crippen LogP contribution in [-0.2, 0) is 32.6 Å². The van der Waals surface area contributed by atoms with Gasteiger partial charge in [0.25, 0.3) is 0 Å². The van der Waals surface area contributed by atoms with E-state index in [-0.39, 0.29) is 18.5 Å². The third-order valence-corrected chi connectivity index (χ3v) is 6.78. The minimum Gasteiger partial charge on any atom is -0.352 e. The first-order valence-electron chi connectivity index (χ1n) is 10.8. The Kier molecular flexibility index (Phi) is 9.48. The zero-order chi connectivity index (χ0) is 24.8. The molecule has 1 unspecified atom stereocenters. The highest BCUT2D eigenvalue weighted by molar-refractivity contribution is 9.10. The normalized spacial score (nSPS) is 12.3. The van der Waals surface area contributed by atoms with Crippen LogP contribution >= 0.6 is 15.9 Å². The van der Waals surface area contributed by atoms with Crippen molar-refractivity contribution in [2.24, 2.45) is 0 Å². The Bertz CT molecular complexity index is 1090. The molecule has 0 aliphatic rings. The third kappa shape index (κ3) is 7.57. The van der Waals surface area contributed by atoms with Gasteiger partial charge < -0.3 is 10.2 Å². The van der Waals surface area contributed by atoms with Gasteiger partial charge in [0, 0.05) is 17.1 Å². The Morgan fingerprint density at radius 2 is 1.73 bits per heavy atom. The standard InChI is InChI=1S/C24H32BrN3O4S/c1-6-20-11-7-8-13-22(20)28(33(5,31)32)16-23(29)27(18(4)24(30)26-17(2)3)15-19-10-9-12-21(25)14-19/h7-14,17-18H,6,15-16H2,1-5H3,(H,26,30). The van der Waals surface area contributed by atoms with Crippen LogP contribution < -0.4 is 9.62 Å². The van der Waals surface area contributed by atoms with E-state index in [9.17, 15) is 18.0 Å². The first kappa shape index (κ1) is 26.9. The van der Waals surface area contributed by atoms with E-state index in [4.69, 9.17) is 0 Å². The van der Waals surface area contributed by atoms with Crippen LogP contribution in [0.2, 0.25) is 0 Å². The van der Waals surface area contributed by atoms with Crippen LogP contribution in [0.4, 0.5) is 5.69 Å². The van der Waals surface area contributed by atoms with Gasteiger partial charge in [-0.15, -0.1) is 0 Å². The van der Waals surface area contributed by atoms with Crippen molar-refractivity contribution >= 4 is 43.5 Å². The molecule has 0 fully saturated rings. The second-order valence-corrected chi connectivity index (χ2v) is 11.1. The van der Waals surface area contributed by atoms with E-state index in [2.05, 4.69) is 21.2 Å². The SMILES string of the molecule is CCc1ccccc1N(CC(=O)N(Cc1cccc(Br)c1)C(C)C(=O)NC(C)C)S(C)(=O)=O. The lowest BCUT2D eigenvalue weighted by Gasteiger charge is -2.32. The van der Waals surface area contributed by atoms with Gasteiger partial charge in [0.1, 0.15) is 12.6 Å². The van der Waals surface area contributed by atoms with Gasteiger partial charge in [-0.1, -0.05) is 53.2 Å². The highest BCUT2D eigenvalue weighted by Gasteiger charge is 2.30. The fraction of sp³-hybridized carbons (Fsp3) is 0.417. The van der Waals surface area contributed by atoms with Crippen LogP contribution in [0.25, 0.3) is 0 Å². The number of para-hydroxylation sites is 1. The Labute approximate surface area is 205 Å². The summed E-state index contributed by atoms with van der Waals surface area (Å²) < 4.78 is 27.3. The molecule has 0 saturated heterocycles. The number of nitrogens with one attached hydrogen (secondary N) is 1. The number of aryl methyl sites for hydroxylation is 1. The Morgan fingerprint density at radius 3 is 2.30 bits per heavy atom. The smallest absolute Gasteiger partial charge is 0.244 e. The monoisotopic (exact) mass is 537 g/mol. The van der Waals surface area contributed by atoms with Gasteiger partial charge in [0.05, 0.1) is 11.9 Å². The molecule has 180 valence electrons. The minimum atomic E-state index is -3.75. The number of nitrogens with zero attached hydrogens (tertiary/aromatic N) is 2. The molecule has 0 bridgehead atoms. The van der Waals surface area contributed by atoms with Gasteiger partial charge in [0.15, 0.2) is 0 Å². The van der Waals surface area contributed by atoms with Crippen LogP contribution in [0.1, 0.15) is 38.8 Å². The molecular weight excluding hydrogens is 506 g/mol. The molecular formula is C24H32BrN3O4S. The molecule has 0 aromatic heterocycles. The lowest BCUT2D eigenvalue weighted by atomic mass is 10.1. The highest BCUT2D eigenvalue weighted by Crippen LogP contribution is 2.24. The van der Waals surface area contributed by atoms with E-state index >= 15 is 0 Å². The third-order valence-electron chi connectivity index (χ3n) is 5.16. The second kappa shape index (κ2) is 11.7. The molecule has 0 aliphatic heterocycles. The molecule has 2 aromatic carbocycles. The average molecular weight is 539 g/mol. The maximum absolute atomic E-state index is 13.5. The lowest BCUT2D eigenvalue weighted by Crippen LogP contribution is -2.52. The van der Waals surface area contributed by atoms with Crippen molar-refractivity contribution in [1.82, 2.24) is 10.2 Å². The molecule has 2 rings (SSSR count). The van der Waals surface area contributed by atoms with Gasteiger partial charge in [-0.05, 0) is 56.5 Å². The number of hydrogen-bond donors (Lipinski definition) is 1. The minimum absolute atomic E-state index is 0.0910. The summed E-state index contributed by atoms with van der Waals surface area (Å²) in [5.74, 6) is -0.758. The summed E-state index contributed by atoms with van der Waals surface area (Å²) in [6.45, 7) is 7.04. The summed E-state index contributed by atoms with van der Waals surface area (Å²) in [6.07, 6.45) is 1.70. The second-order valence-electron chi connectivity index (χ2n) is 8.24. The Hall–Kier alpha value is -2.39. The predicted octanol–water partition coefficient (Wildman–Crippen LogP) is 3.72. The molecule has 0 aliphatic carbocycles. The molecule has 1 atom stereocenters. The zero-order valence-electron chi connectivity index (χ0n) is 19.7. The van der Waals surface area contributed by atoms with Crippen LogP contribution in [0, 0.1) is 0 Å². The highest BCUT2D eigenvalue weighted by atomic mass is 79.9. The molecule has 0 saturated carbocycles. The Balaban J connectivity index is 2.43. The lowest BCUT2D eigenvalue weighted by molar-refractivity contribution is -0.139. The van der Waals surface area contributed by atoms with Gasteiger partial charge in [-0.25, -0.2) is 8.42 Å². The van der Waals surface area contributed by atoms with Crippen molar-refractivity contribution in [2.75, 3.05) is 17.1 Å². The van der Waals surface area contributed by atoms with E-state index in [0.717, 1.165) is 26.2 Å². The quantitative estimate of drug-likeness (QED) is 0.500. The summed E-state index contributed by atoms with van der Waals surface area (Å²) in [5.41, 5.74) is 2.11. The number of carbonyl (C=O) groups is 2. The number of amides is 2. The van der Waals surface area contributed by atoms with Crippen molar-refractivity contribution in [3.8, 4) is 0 Å². The molecule has 0 radical (unpaired) electrons. The molecule has 9 heteroatoms. The van der Waals surface area contributed by atoms with Crippen molar-refractivity contribution in [3.05, 3.63) is 64.1 Å². The average Bonchev–Trinajstić information content (AvgIpc) is 2.74. The van der Waals surface area contributed by atoms with Crippen molar-refractivity contribution in [3.63, 3.8) is 0 Å². The van der Waals surface area contributed by atoms with Crippen LogP contribution in [0.3, 0.4) is 0 Å². The molecule has 0 spiro atoms. The molecule has 33 heavy (non-hydrogen) atoms. The van der Waals surface area contributed by atoms with Crippen LogP contribution in [0.15, 0.2) is 53.0 Å². The number of anilines is 1. The van der Waals surface area contributed by atoms with Gasteiger partial charge in [-0.3, -0.25) is 13.9 Å². The maximum Gasteiger partial charge on any atom is 0.244 e. The zero-order valence-corrected chi connectivity index (χ0v) is 22.1. The summed E-state index contributed by atoms with van der Waals surface area (Å²) in [4.78, 5) is 27.7. The summed E-state index contributed by atoms with van der Waals surface area (Å²) in [5, 5.41) is 2.83. The number of sulfonamides is 1. The van der Waals surface area contributed by atoms with Crippen LogP contribution in [0.5, 0.6) is 0 Å². The van der Waals surface area contributed by atoms with Gasteiger partial charge in [0.2, 0.25) is 21.8 Å². The molecule has 7 nitrogen and oxygen atoms in total. The predicted molar refractivity (Wildman–Crippen MR) is 135 cm³/mol. The van der Waals surface area contributed by atoms with Crippen LogP contribution in [-0.4, -0.2) is 50.0 Å². The van der Waals surface area contributed by atoms with Gasteiger partial charge in [-0.2, -0.15) is 0 Å². The number of benzene rings is 2. The molecule has 2 aromatic rings. The fourth-order valence-corrected chi connectivity index (χ4v) is 4.79. The fourth-order valence-electron chi connectivity index (χ4n) is 3.47. The maximum atomic E-state index is 13.5. The topological polar surface area (TPSA) is 86.8 Å². The van der Waals surface area contributed by atoms with E-state index in [0.29, 0.717) is 12.1 Å². The summed E-state index contributed by atoms with van der Waals surface area (Å²) in [7, 11) is -3.75. The number of rotatable bonds is 10. The molecule has 0 heterocycles. The van der Waals surface area contributed by atoms with E-state index < -0.39 is 28.5 Å². The molecule has 1 N–H and O–H groups in total. The van der Waals surface area contributed by atoms with E-state index in [1.807, 2.05) is 57.2 Å². The van der Waals surface area contributed by atoms with Crippen molar-refractivity contribution in [1.29, 1.82) is 0 Å². The van der Waals surface area contributed by atoms with Crippen molar-refractivity contribution in [2.45, 2.75) is 52.7 Å². The number of carbonyl (C=O) groups excluding carboxylic acids is 2. The first-order valence-corrected chi connectivity index (χ1v) is 13.5. The van der Waals surface area contributed by atoms with Crippen molar-refractivity contribution < 1.29 is 18.0 Å². The number of halogens is 1. The largest absolute Gasteiger partial charge is 0.352 e. The number of hydrogen-bond acceptors (Lipinski definition) is 4. The van der Waals surface area contributed by atoms with Gasteiger partial charge >= 0.3 is 0 Å². The summed E-state index contributed by atoms with van der Waals surface area (Å²) >= 11 is 3.43. The summed E-state index contributed by atoms with van der Waals surface area (Å²) in [6, 6.07) is 13.7. The first-order chi connectivity index (χ1) is 15.4.